The van der Waals surface area contributed by atoms with Crippen molar-refractivity contribution in [3.8, 4) is 11.5 Å². The number of ether oxygens (including phenoxy) is 2. The number of rotatable bonds is 5. The largest absolute Gasteiger partial charge is 0.497 e. The van der Waals surface area contributed by atoms with E-state index >= 15 is 0 Å². The van der Waals surface area contributed by atoms with E-state index in [0.29, 0.717) is 22.3 Å². The number of hydrogen-bond acceptors (Lipinski definition) is 7. The van der Waals surface area contributed by atoms with Crippen LogP contribution in [0.4, 0.5) is 5.69 Å². The normalized spacial score (nSPS) is 22.3. The summed E-state index contributed by atoms with van der Waals surface area (Å²) in [5, 5.41) is 1.47. The molecule has 2 heterocycles. The second kappa shape index (κ2) is 8.08. The smallest absolute Gasteiger partial charge is 0.164 e. The summed E-state index contributed by atoms with van der Waals surface area (Å²) >= 11 is 7.84. The fraction of sp³-hybridized carbons (Fsp3) is 0.350. The van der Waals surface area contributed by atoms with E-state index in [4.69, 9.17) is 26.1 Å². The quantitative estimate of drug-likeness (QED) is 0.690. The number of thioether (sulfide) groups is 1. The summed E-state index contributed by atoms with van der Waals surface area (Å²) in [6.45, 7) is 0. The third-order valence-corrected chi connectivity index (χ3v) is 8.15. The number of fused-ring (bicyclic) bond motifs is 1. The molecule has 0 aliphatic carbocycles. The number of nitrogens with zero attached hydrogens (tertiary/aromatic N) is 2. The minimum atomic E-state index is -3.13. The fourth-order valence-electron chi connectivity index (χ4n) is 3.66. The van der Waals surface area contributed by atoms with Gasteiger partial charge in [-0.3, -0.25) is 4.99 Å². The zero-order valence-corrected chi connectivity index (χ0v) is 18.4. The van der Waals surface area contributed by atoms with E-state index in [1.54, 1.807) is 26.0 Å². The van der Waals surface area contributed by atoms with Crippen LogP contribution in [0.3, 0.4) is 0 Å². The molecule has 2 aliphatic heterocycles. The van der Waals surface area contributed by atoms with Gasteiger partial charge in [-0.15, -0.1) is 0 Å². The molecular formula is C20H21ClN2O4S2. The Morgan fingerprint density at radius 2 is 1.97 bits per heavy atom. The van der Waals surface area contributed by atoms with Crippen molar-refractivity contribution >= 4 is 44.1 Å². The highest BCUT2D eigenvalue weighted by Gasteiger charge is 2.47. The van der Waals surface area contributed by atoms with E-state index in [1.165, 1.54) is 0 Å². The lowest BCUT2D eigenvalue weighted by molar-refractivity contribution is 0.403. The minimum absolute atomic E-state index is 0.0661. The van der Waals surface area contributed by atoms with Crippen LogP contribution < -0.4 is 14.4 Å². The molecule has 0 N–H and O–H groups in total. The zero-order valence-electron chi connectivity index (χ0n) is 16.0. The van der Waals surface area contributed by atoms with Gasteiger partial charge in [0.15, 0.2) is 15.0 Å². The van der Waals surface area contributed by atoms with E-state index < -0.39 is 9.84 Å². The van der Waals surface area contributed by atoms with Gasteiger partial charge in [-0.25, -0.2) is 8.42 Å². The van der Waals surface area contributed by atoms with Gasteiger partial charge in [0.1, 0.15) is 11.5 Å². The summed E-state index contributed by atoms with van der Waals surface area (Å²) in [6, 6.07) is 12.6. The SMILES string of the molecule is COc1ccc(OC)c(N2C(SCc3ccccc3Cl)=N[C@@H]3CS(=O)(=O)C[C@H]32)c1. The number of anilines is 1. The second-order valence-corrected chi connectivity index (χ2v) is 10.4. The lowest BCUT2D eigenvalue weighted by atomic mass is 10.1. The molecule has 0 bridgehead atoms. The third-order valence-electron chi connectivity index (χ3n) is 5.07. The highest BCUT2D eigenvalue weighted by molar-refractivity contribution is 8.13. The summed E-state index contributed by atoms with van der Waals surface area (Å²) in [5.74, 6) is 2.07. The number of hydrogen-bond donors (Lipinski definition) is 0. The minimum Gasteiger partial charge on any atom is -0.497 e. The summed E-state index contributed by atoms with van der Waals surface area (Å²) in [6.07, 6.45) is 0. The van der Waals surface area contributed by atoms with Crippen molar-refractivity contribution in [2.75, 3.05) is 30.6 Å². The first kappa shape index (κ1) is 20.4. The molecule has 9 heteroatoms. The monoisotopic (exact) mass is 452 g/mol. The molecule has 1 saturated heterocycles. The molecule has 0 saturated carbocycles. The van der Waals surface area contributed by atoms with Crippen LogP contribution in [0.5, 0.6) is 11.5 Å². The Morgan fingerprint density at radius 1 is 1.17 bits per heavy atom. The lowest BCUT2D eigenvalue weighted by Gasteiger charge is -2.28. The van der Waals surface area contributed by atoms with Gasteiger partial charge in [-0.05, 0) is 23.8 Å². The predicted molar refractivity (Wildman–Crippen MR) is 118 cm³/mol. The van der Waals surface area contributed by atoms with Crippen LogP contribution >= 0.6 is 23.4 Å². The first-order chi connectivity index (χ1) is 13.9. The average Bonchev–Trinajstić information content (AvgIpc) is 3.17. The Kier molecular flexibility index (Phi) is 5.68. The number of aliphatic imine (C=N–C) groups is 1. The van der Waals surface area contributed by atoms with Gasteiger partial charge in [-0.1, -0.05) is 41.6 Å². The summed E-state index contributed by atoms with van der Waals surface area (Å²) in [7, 11) is 0.0619. The summed E-state index contributed by atoms with van der Waals surface area (Å²) < 4.78 is 35.4. The van der Waals surface area contributed by atoms with Gasteiger partial charge in [0.05, 0.1) is 43.5 Å². The van der Waals surface area contributed by atoms with Crippen molar-refractivity contribution in [3.63, 3.8) is 0 Å². The van der Waals surface area contributed by atoms with E-state index in [2.05, 4.69) is 0 Å². The molecular weight excluding hydrogens is 432 g/mol. The molecule has 2 aromatic carbocycles. The predicted octanol–water partition coefficient (Wildman–Crippen LogP) is 3.63. The van der Waals surface area contributed by atoms with Gasteiger partial charge < -0.3 is 14.4 Å². The number of methoxy groups -OCH3 is 2. The molecule has 0 unspecified atom stereocenters. The number of benzene rings is 2. The number of sulfone groups is 1. The van der Waals surface area contributed by atoms with Crippen molar-refractivity contribution in [1.82, 2.24) is 0 Å². The van der Waals surface area contributed by atoms with Crippen LogP contribution in [0.15, 0.2) is 47.5 Å². The van der Waals surface area contributed by atoms with Gasteiger partial charge in [0, 0.05) is 16.8 Å². The Morgan fingerprint density at radius 3 is 2.69 bits per heavy atom. The van der Waals surface area contributed by atoms with Crippen molar-refractivity contribution in [3.05, 3.63) is 53.1 Å². The van der Waals surface area contributed by atoms with E-state index in [9.17, 15) is 8.42 Å². The molecule has 4 rings (SSSR count). The van der Waals surface area contributed by atoms with Crippen molar-refractivity contribution in [1.29, 1.82) is 0 Å². The molecule has 1 fully saturated rings. The fourth-order valence-corrected chi connectivity index (χ4v) is 6.90. The highest BCUT2D eigenvalue weighted by atomic mass is 35.5. The van der Waals surface area contributed by atoms with Gasteiger partial charge >= 0.3 is 0 Å². The topological polar surface area (TPSA) is 68.2 Å². The molecule has 6 nitrogen and oxygen atoms in total. The average molecular weight is 453 g/mol. The molecule has 2 atom stereocenters. The van der Waals surface area contributed by atoms with E-state index in [0.717, 1.165) is 16.4 Å². The number of amidine groups is 1. The molecule has 154 valence electrons. The van der Waals surface area contributed by atoms with Crippen molar-refractivity contribution < 1.29 is 17.9 Å². The standard InChI is InChI=1S/C20H21ClN2O4S2/c1-26-14-7-8-19(27-2)17(9-14)23-18-12-29(24,25)11-16(18)22-20(23)28-10-13-5-3-4-6-15(13)21/h3-9,16,18H,10-12H2,1-2H3/t16-,18-/m1/s1. The van der Waals surface area contributed by atoms with Crippen LogP contribution in [0.25, 0.3) is 0 Å². The Balaban J connectivity index is 1.70. The Bertz CT molecular complexity index is 1060. The lowest BCUT2D eigenvalue weighted by Crippen LogP contribution is -2.39. The van der Waals surface area contributed by atoms with Crippen LogP contribution in [0.1, 0.15) is 5.56 Å². The molecule has 2 aliphatic rings. The van der Waals surface area contributed by atoms with Crippen molar-refractivity contribution in [2.24, 2.45) is 4.99 Å². The van der Waals surface area contributed by atoms with Gasteiger partial charge in [0.25, 0.3) is 0 Å². The summed E-state index contributed by atoms with van der Waals surface area (Å²) in [5.41, 5.74) is 1.76. The maximum atomic E-state index is 12.3. The highest BCUT2D eigenvalue weighted by Crippen LogP contribution is 2.41. The third kappa shape index (κ3) is 4.06. The summed E-state index contributed by atoms with van der Waals surface area (Å²) in [4.78, 5) is 6.75. The van der Waals surface area contributed by atoms with Gasteiger partial charge in [0.2, 0.25) is 0 Å². The van der Waals surface area contributed by atoms with Gasteiger partial charge in [-0.2, -0.15) is 0 Å². The first-order valence-electron chi connectivity index (χ1n) is 9.07. The van der Waals surface area contributed by atoms with Crippen LogP contribution in [0.2, 0.25) is 5.02 Å². The Hall–Kier alpha value is -1.90. The molecule has 2 aromatic rings. The molecule has 0 radical (unpaired) electrons. The van der Waals surface area contributed by atoms with Crippen LogP contribution in [0, 0.1) is 0 Å². The van der Waals surface area contributed by atoms with Crippen molar-refractivity contribution in [2.45, 2.75) is 17.8 Å². The molecule has 0 aromatic heterocycles. The van der Waals surface area contributed by atoms with Crippen LogP contribution in [-0.2, 0) is 15.6 Å². The maximum Gasteiger partial charge on any atom is 0.164 e. The first-order valence-corrected chi connectivity index (χ1v) is 12.3. The van der Waals surface area contributed by atoms with E-state index in [1.807, 2.05) is 47.4 Å². The van der Waals surface area contributed by atoms with E-state index in [-0.39, 0.29) is 23.6 Å². The zero-order chi connectivity index (χ0) is 20.6. The molecule has 0 amide bonds. The Labute approximate surface area is 179 Å². The second-order valence-electron chi connectivity index (χ2n) is 6.91. The maximum absolute atomic E-state index is 12.3. The molecule has 0 spiro atoms. The molecule has 29 heavy (non-hydrogen) atoms. The van der Waals surface area contributed by atoms with Crippen LogP contribution in [-0.4, -0.2) is 51.4 Å². The number of halogens is 1.